The van der Waals surface area contributed by atoms with Crippen LogP contribution < -0.4 is 24.0 Å². The summed E-state index contributed by atoms with van der Waals surface area (Å²) in [4.78, 5) is 0. The number of halogens is 1. The first kappa shape index (κ1) is 117. The Morgan fingerprint density at radius 3 is 0.600 bits per heavy atom. The van der Waals surface area contributed by atoms with E-state index in [4.69, 9.17) is 0 Å². The first-order valence-corrected chi connectivity index (χ1v) is 0. The molecule has 0 spiro atoms. The van der Waals surface area contributed by atoms with E-state index in [0.29, 0.717) is 0 Å². The fourth-order valence-electron chi connectivity index (χ4n) is 0. The summed E-state index contributed by atoms with van der Waals surface area (Å²) < 4.78 is 0. The third-order valence-electron chi connectivity index (χ3n) is 0. The molecule has 3 nitrogen and oxygen atoms in total. The molecule has 0 saturated heterocycles. The molecule has 0 aliphatic heterocycles. The van der Waals surface area contributed by atoms with Gasteiger partial charge in [0.1, 0.15) is 0 Å². The summed E-state index contributed by atoms with van der Waals surface area (Å²) >= 11 is 0. The molecule has 0 unspecified atom stereocenters. The molecule has 0 aromatic rings. The number of hydrogen-bond donors (Lipinski definition) is 0. The summed E-state index contributed by atoms with van der Waals surface area (Å²) in [6.07, 6.45) is 0. The van der Waals surface area contributed by atoms with E-state index >= 15 is 0 Å². The maximum atomic E-state index is 0. The Hall–Kier alpha value is 1.19. The summed E-state index contributed by atoms with van der Waals surface area (Å²) in [5.41, 5.74) is 0. The largest absolute Gasteiger partial charge is 2.00 e. The molecular weight excluding hydrogens is 226 g/mol. The van der Waals surface area contributed by atoms with Crippen molar-refractivity contribution in [1.82, 2.24) is 0 Å². The van der Waals surface area contributed by atoms with Gasteiger partial charge in [0.2, 0.25) is 24.0 Å². The molecule has 0 atom stereocenters. The summed E-state index contributed by atoms with van der Waals surface area (Å²) in [6.45, 7) is 0. The summed E-state index contributed by atoms with van der Waals surface area (Å²) in [5, 5.41) is 0. The van der Waals surface area contributed by atoms with Crippen molar-refractivity contribution in [2.75, 3.05) is 0 Å². The van der Waals surface area contributed by atoms with Crippen molar-refractivity contribution < 1.29 is 59.0 Å². The monoisotopic (exact) mass is 228 g/mol. The van der Waals surface area contributed by atoms with Crippen LogP contribution in [-0.2, 0) is 35.0 Å². The molecule has 0 amide bonds. The van der Waals surface area contributed by atoms with Crippen LogP contribution in [0.15, 0.2) is 0 Å². The van der Waals surface area contributed by atoms with E-state index in [1.54, 1.807) is 0 Å². The Morgan fingerprint density at radius 2 is 0.600 bits per heavy atom. The van der Waals surface area contributed by atoms with Crippen molar-refractivity contribution >= 4 is 0 Å². The van der Waals surface area contributed by atoms with E-state index in [-0.39, 0.29) is 59.0 Å². The molecule has 5 heteroatoms. The molecular formula is H2IO3V-5. The van der Waals surface area contributed by atoms with Crippen molar-refractivity contribution in [1.29, 1.82) is 0 Å². The van der Waals surface area contributed by atoms with Gasteiger partial charge in [-0.05, 0) is 0 Å². The van der Waals surface area contributed by atoms with Gasteiger partial charge in [0, 0.05) is 18.6 Å². The Bertz CT molecular complexity index is 6.85. The average Bonchev–Trinajstić information content (AvgIpc) is 0. The predicted molar refractivity (Wildman–Crippen MR) is 4.85 cm³/mol. The van der Waals surface area contributed by atoms with Gasteiger partial charge in [0.15, 0.2) is 0 Å². The minimum absolute atomic E-state index is 0. The van der Waals surface area contributed by atoms with E-state index in [1.807, 2.05) is 0 Å². The van der Waals surface area contributed by atoms with Crippen LogP contribution in [0, 0.1) is 0 Å². The summed E-state index contributed by atoms with van der Waals surface area (Å²) in [7, 11) is 0. The van der Waals surface area contributed by atoms with Crippen molar-refractivity contribution in [3.05, 3.63) is 0 Å². The topological polar surface area (TPSA) is 85.5 Å². The van der Waals surface area contributed by atoms with Gasteiger partial charge in [0.25, 0.3) is 0 Å². The van der Waals surface area contributed by atoms with Crippen LogP contribution in [0.4, 0.5) is 0 Å². The van der Waals surface area contributed by atoms with Crippen LogP contribution in [0.5, 0.6) is 0 Å². The van der Waals surface area contributed by atoms with Crippen LogP contribution in [0.25, 0.3) is 0 Å². The summed E-state index contributed by atoms with van der Waals surface area (Å²) in [5.74, 6) is 0. The standard InChI is InChI=1S/H2I.3O.V/h1H2;;;;/q+1;3*-2;. The molecule has 0 aromatic heterocycles. The Kier molecular flexibility index (Phi) is 1500. The molecule has 0 heterocycles. The maximum Gasteiger partial charge on any atom is 0.235 e. The second-order valence-corrected chi connectivity index (χ2v) is 0. The Morgan fingerprint density at radius 1 is 0.600 bits per heavy atom. The third kappa shape index (κ3) is 37.2. The van der Waals surface area contributed by atoms with Gasteiger partial charge in [-0.1, -0.05) is 0 Å². The van der Waals surface area contributed by atoms with Crippen molar-refractivity contribution in [3.8, 4) is 0 Å². The van der Waals surface area contributed by atoms with Crippen LogP contribution in [0.2, 0.25) is 0 Å². The zero-order valence-corrected chi connectivity index (χ0v) is 6.07. The second-order valence-electron chi connectivity index (χ2n) is 0. The fraction of sp³-hybridized carbons (Fsp3) is 0. The van der Waals surface area contributed by atoms with Gasteiger partial charge in [-0.15, -0.1) is 0 Å². The molecule has 1 radical (unpaired) electrons. The fourth-order valence-corrected chi connectivity index (χ4v) is 0. The van der Waals surface area contributed by atoms with Gasteiger partial charge in [0.05, 0.1) is 0 Å². The van der Waals surface area contributed by atoms with E-state index in [9.17, 15) is 0 Å². The molecule has 0 aliphatic carbocycles. The SMILES string of the molecule is [IH2+].[O-2].[O-2].[O-2].[V]. The first-order valence-electron chi connectivity index (χ1n) is 0. The normalized spacial score (nSPS) is 0. The van der Waals surface area contributed by atoms with Crippen LogP contribution >= 0.6 is 0 Å². The van der Waals surface area contributed by atoms with E-state index in [0.717, 1.165) is 0 Å². The minimum Gasteiger partial charge on any atom is -2.00 e. The van der Waals surface area contributed by atoms with Gasteiger partial charge >= 0.3 is 0 Å². The molecule has 37 valence electrons. The molecule has 0 rings (SSSR count). The molecule has 0 aromatic carbocycles. The van der Waals surface area contributed by atoms with Crippen LogP contribution in [-0.4, -0.2) is 0 Å². The molecule has 0 aliphatic rings. The van der Waals surface area contributed by atoms with Crippen molar-refractivity contribution in [2.24, 2.45) is 0 Å². The number of hydrogen-bond acceptors (Lipinski definition) is 0. The molecule has 0 saturated carbocycles. The van der Waals surface area contributed by atoms with Crippen LogP contribution in [0.1, 0.15) is 0 Å². The Labute approximate surface area is 59.0 Å². The van der Waals surface area contributed by atoms with Gasteiger partial charge in [-0.25, -0.2) is 0 Å². The smallest absolute Gasteiger partial charge is 0.235 e. The van der Waals surface area contributed by atoms with Gasteiger partial charge < -0.3 is 16.4 Å². The molecule has 5 heavy (non-hydrogen) atoms. The zero-order chi connectivity index (χ0) is 0. The number of rotatable bonds is 0. The maximum absolute atomic E-state index is 0. The average molecular weight is 228 g/mol. The Balaban J connectivity index is 0. The molecule has 0 N–H and O–H groups in total. The third-order valence-corrected chi connectivity index (χ3v) is 0. The predicted octanol–water partition coefficient (Wildman–Crippen LogP) is -3.89. The van der Waals surface area contributed by atoms with Gasteiger partial charge in [-0.3, -0.25) is 0 Å². The second kappa shape index (κ2) is 64.1. The van der Waals surface area contributed by atoms with Crippen molar-refractivity contribution in [2.45, 2.75) is 0 Å². The van der Waals surface area contributed by atoms with E-state index in [1.165, 1.54) is 0 Å². The molecule has 0 fully saturated rings. The zero-order valence-electron chi connectivity index (χ0n) is 2.12. The minimum atomic E-state index is 0. The van der Waals surface area contributed by atoms with Crippen molar-refractivity contribution in [3.63, 3.8) is 0 Å². The molecule has 0 bridgehead atoms. The van der Waals surface area contributed by atoms with E-state index < -0.39 is 0 Å². The van der Waals surface area contributed by atoms with E-state index in [2.05, 4.69) is 0 Å². The summed E-state index contributed by atoms with van der Waals surface area (Å²) in [6, 6.07) is 0. The van der Waals surface area contributed by atoms with Gasteiger partial charge in [-0.2, -0.15) is 0 Å². The first-order chi connectivity index (χ1) is 0. The van der Waals surface area contributed by atoms with Crippen LogP contribution in [0.3, 0.4) is 0 Å². The quantitative estimate of drug-likeness (QED) is 0.379.